The highest BCUT2D eigenvalue weighted by Crippen LogP contribution is 2.23. The molecule has 0 bridgehead atoms. The number of aryl methyl sites for hydroxylation is 1. The quantitative estimate of drug-likeness (QED) is 0.182. The number of phenolic OH excluding ortho intramolecular Hbond substituents is 1. The summed E-state index contributed by atoms with van der Waals surface area (Å²) in [5, 5.41) is 12.2. The Morgan fingerprint density at radius 2 is 1.67 bits per heavy atom. The van der Waals surface area contributed by atoms with E-state index in [1.807, 2.05) is 49.4 Å². The molecular formula is C29H34N2O5. The maximum absolute atomic E-state index is 13.1. The number of esters is 1. The molecule has 7 heteroatoms. The Morgan fingerprint density at radius 1 is 0.944 bits per heavy atom. The Morgan fingerprint density at radius 3 is 2.39 bits per heavy atom. The molecule has 0 spiro atoms. The minimum Gasteiger partial charge on any atom is -0.508 e. The predicted molar refractivity (Wildman–Crippen MR) is 140 cm³/mol. The van der Waals surface area contributed by atoms with Gasteiger partial charge in [-0.25, -0.2) is 4.79 Å². The van der Waals surface area contributed by atoms with E-state index in [0.29, 0.717) is 49.5 Å². The minimum atomic E-state index is -0.772. The zero-order valence-corrected chi connectivity index (χ0v) is 20.6. The summed E-state index contributed by atoms with van der Waals surface area (Å²) in [6, 6.07) is 20.7. The van der Waals surface area contributed by atoms with Gasteiger partial charge in [-0.15, -0.1) is 0 Å². The molecule has 36 heavy (non-hydrogen) atoms. The third-order valence-electron chi connectivity index (χ3n) is 5.76. The van der Waals surface area contributed by atoms with E-state index in [1.165, 1.54) is 0 Å². The molecule has 0 saturated heterocycles. The van der Waals surface area contributed by atoms with Crippen LogP contribution >= 0.6 is 0 Å². The van der Waals surface area contributed by atoms with Crippen molar-refractivity contribution in [3.05, 3.63) is 89.5 Å². The fraction of sp³-hybridized carbons (Fsp3) is 0.310. The molecule has 0 fully saturated rings. The molecular weight excluding hydrogens is 456 g/mol. The fourth-order valence-electron chi connectivity index (χ4n) is 3.61. The van der Waals surface area contributed by atoms with Crippen LogP contribution in [-0.2, 0) is 22.4 Å². The van der Waals surface area contributed by atoms with Gasteiger partial charge >= 0.3 is 5.97 Å². The number of carbonyl (C=O) groups is 2. The first kappa shape index (κ1) is 26.6. The number of benzene rings is 3. The van der Waals surface area contributed by atoms with Crippen LogP contribution in [-0.4, -0.2) is 36.2 Å². The zero-order valence-electron chi connectivity index (χ0n) is 20.6. The lowest BCUT2D eigenvalue weighted by Crippen LogP contribution is -2.42. The molecule has 1 atom stereocenters. The monoisotopic (exact) mass is 490 g/mol. The molecule has 0 aliphatic heterocycles. The summed E-state index contributed by atoms with van der Waals surface area (Å²) >= 11 is 0. The van der Waals surface area contributed by atoms with Crippen LogP contribution in [0.4, 0.5) is 5.69 Å². The lowest BCUT2D eigenvalue weighted by Gasteiger charge is -2.18. The van der Waals surface area contributed by atoms with Crippen LogP contribution in [0.5, 0.6) is 11.5 Å². The SMILES string of the molecule is CCCCOC(=O)[C@H](CCc1ccccc1)NC(=O)c1ccc(N)c(OCCc2ccc(O)cc2)c1. The van der Waals surface area contributed by atoms with E-state index in [0.717, 1.165) is 24.0 Å². The van der Waals surface area contributed by atoms with E-state index in [4.69, 9.17) is 15.2 Å². The Labute approximate surface area is 212 Å². The molecule has 7 nitrogen and oxygen atoms in total. The second-order valence-electron chi connectivity index (χ2n) is 8.59. The number of hydrogen-bond acceptors (Lipinski definition) is 6. The number of nitrogens with two attached hydrogens (primary N) is 1. The first-order chi connectivity index (χ1) is 17.5. The summed E-state index contributed by atoms with van der Waals surface area (Å²) < 4.78 is 11.2. The molecule has 190 valence electrons. The smallest absolute Gasteiger partial charge is 0.328 e. The van der Waals surface area contributed by atoms with Crippen LogP contribution < -0.4 is 15.8 Å². The van der Waals surface area contributed by atoms with Crippen molar-refractivity contribution in [2.75, 3.05) is 18.9 Å². The number of anilines is 1. The highest BCUT2D eigenvalue weighted by molar-refractivity contribution is 5.97. The van der Waals surface area contributed by atoms with Gasteiger partial charge in [0.1, 0.15) is 17.5 Å². The molecule has 0 saturated carbocycles. The number of phenols is 1. The van der Waals surface area contributed by atoms with Crippen LogP contribution in [0.25, 0.3) is 0 Å². The highest BCUT2D eigenvalue weighted by atomic mass is 16.5. The molecule has 3 rings (SSSR count). The van der Waals surface area contributed by atoms with Crippen molar-refractivity contribution in [3.8, 4) is 11.5 Å². The molecule has 0 aliphatic rings. The maximum atomic E-state index is 13.1. The van der Waals surface area contributed by atoms with Gasteiger partial charge in [0.05, 0.1) is 18.9 Å². The topological polar surface area (TPSA) is 111 Å². The van der Waals surface area contributed by atoms with Gasteiger partial charge in [0.25, 0.3) is 5.91 Å². The van der Waals surface area contributed by atoms with Gasteiger partial charge in [-0.1, -0.05) is 55.8 Å². The van der Waals surface area contributed by atoms with Crippen molar-refractivity contribution in [1.29, 1.82) is 0 Å². The van der Waals surface area contributed by atoms with Gasteiger partial charge in [-0.2, -0.15) is 0 Å². The Bertz CT molecular complexity index is 1120. The van der Waals surface area contributed by atoms with E-state index in [2.05, 4.69) is 5.32 Å². The Hall–Kier alpha value is -4.00. The molecule has 1 amide bonds. The summed E-state index contributed by atoms with van der Waals surface area (Å²) in [6.07, 6.45) is 3.35. The third-order valence-corrected chi connectivity index (χ3v) is 5.76. The van der Waals surface area contributed by atoms with E-state index in [1.54, 1.807) is 30.3 Å². The molecule has 0 aliphatic carbocycles. The highest BCUT2D eigenvalue weighted by Gasteiger charge is 2.23. The first-order valence-electron chi connectivity index (χ1n) is 12.3. The largest absolute Gasteiger partial charge is 0.508 e. The van der Waals surface area contributed by atoms with Crippen LogP contribution in [0.15, 0.2) is 72.8 Å². The average molecular weight is 491 g/mol. The van der Waals surface area contributed by atoms with Crippen LogP contribution in [0, 0.1) is 0 Å². The van der Waals surface area contributed by atoms with Gasteiger partial charge in [0, 0.05) is 12.0 Å². The second-order valence-corrected chi connectivity index (χ2v) is 8.59. The standard InChI is InChI=1S/C29H34N2O5/c1-2-3-18-36-29(34)26(16-11-21-7-5-4-6-8-21)31-28(33)23-12-15-25(30)27(20-23)35-19-17-22-9-13-24(32)14-10-22/h4-10,12-15,20,26,32H,2-3,11,16-19,30H2,1H3,(H,31,33)/t26-/m0/s1. The van der Waals surface area contributed by atoms with Gasteiger partial charge in [0.2, 0.25) is 0 Å². The van der Waals surface area contributed by atoms with Crippen molar-refractivity contribution in [1.82, 2.24) is 5.32 Å². The molecule has 0 radical (unpaired) electrons. The van der Waals surface area contributed by atoms with Crippen LogP contribution in [0.2, 0.25) is 0 Å². The number of ether oxygens (including phenoxy) is 2. The number of hydrogen-bond donors (Lipinski definition) is 3. The van der Waals surface area contributed by atoms with Crippen molar-refractivity contribution in [3.63, 3.8) is 0 Å². The Kier molecular flexibility index (Phi) is 10.2. The van der Waals surface area contributed by atoms with Gasteiger partial charge in [-0.3, -0.25) is 4.79 Å². The van der Waals surface area contributed by atoms with Gasteiger partial charge in [-0.05, 0) is 60.7 Å². The lowest BCUT2D eigenvalue weighted by molar-refractivity contribution is -0.146. The van der Waals surface area contributed by atoms with Gasteiger partial charge < -0.3 is 25.6 Å². The summed E-state index contributed by atoms with van der Waals surface area (Å²) in [7, 11) is 0. The van der Waals surface area contributed by atoms with Crippen molar-refractivity contribution < 1.29 is 24.2 Å². The summed E-state index contributed by atoms with van der Waals surface area (Å²) in [4.78, 5) is 25.8. The van der Waals surface area contributed by atoms with E-state index >= 15 is 0 Å². The number of aromatic hydroxyl groups is 1. The normalized spacial score (nSPS) is 11.5. The van der Waals surface area contributed by atoms with Crippen LogP contribution in [0.3, 0.4) is 0 Å². The first-order valence-corrected chi connectivity index (χ1v) is 12.3. The van der Waals surface area contributed by atoms with Crippen molar-refractivity contribution in [2.45, 2.75) is 45.1 Å². The number of nitrogens with one attached hydrogen (secondary N) is 1. The number of nitrogen functional groups attached to an aromatic ring is 1. The Balaban J connectivity index is 1.64. The second kappa shape index (κ2) is 13.8. The average Bonchev–Trinajstić information content (AvgIpc) is 2.89. The molecule has 4 N–H and O–H groups in total. The van der Waals surface area contributed by atoms with E-state index in [-0.39, 0.29) is 5.75 Å². The third kappa shape index (κ3) is 8.34. The molecule has 3 aromatic carbocycles. The van der Waals surface area contributed by atoms with Gasteiger partial charge in [0.15, 0.2) is 0 Å². The van der Waals surface area contributed by atoms with Crippen molar-refractivity contribution >= 4 is 17.6 Å². The van der Waals surface area contributed by atoms with Crippen LogP contribution in [0.1, 0.15) is 47.7 Å². The number of carbonyl (C=O) groups excluding carboxylic acids is 2. The predicted octanol–water partition coefficient (Wildman–Crippen LogP) is 4.67. The fourth-order valence-corrected chi connectivity index (χ4v) is 3.61. The molecule has 3 aromatic rings. The number of amides is 1. The molecule has 0 unspecified atom stereocenters. The number of unbranched alkanes of at least 4 members (excludes halogenated alkanes) is 1. The van der Waals surface area contributed by atoms with E-state index in [9.17, 15) is 14.7 Å². The lowest BCUT2D eigenvalue weighted by atomic mass is 10.0. The molecule has 0 aromatic heterocycles. The minimum absolute atomic E-state index is 0.207. The summed E-state index contributed by atoms with van der Waals surface area (Å²) in [5.74, 6) is -0.232. The zero-order chi connectivity index (χ0) is 25.8. The summed E-state index contributed by atoms with van der Waals surface area (Å²) in [5.41, 5.74) is 8.89. The molecule has 0 heterocycles. The number of rotatable bonds is 13. The van der Waals surface area contributed by atoms with Crippen molar-refractivity contribution in [2.24, 2.45) is 0 Å². The summed E-state index contributed by atoms with van der Waals surface area (Å²) in [6.45, 7) is 2.70. The van der Waals surface area contributed by atoms with E-state index < -0.39 is 17.9 Å². The maximum Gasteiger partial charge on any atom is 0.328 e.